The zero-order chi connectivity index (χ0) is 12.7. The Bertz CT molecular complexity index is 498. The zero-order valence-corrected chi connectivity index (χ0v) is 9.76. The van der Waals surface area contributed by atoms with E-state index in [2.05, 4.69) is 10.3 Å². The van der Waals surface area contributed by atoms with Gasteiger partial charge in [0.25, 0.3) is 5.91 Å². The monoisotopic (exact) mass is 250 g/mol. The van der Waals surface area contributed by atoms with Gasteiger partial charge >= 0.3 is 5.82 Å². The molecule has 1 aromatic heterocycles. The van der Waals surface area contributed by atoms with Crippen molar-refractivity contribution in [3.63, 3.8) is 0 Å². The van der Waals surface area contributed by atoms with Crippen LogP contribution in [-0.4, -0.2) is 46.4 Å². The van der Waals surface area contributed by atoms with Gasteiger partial charge in [0.15, 0.2) is 5.69 Å². The molecule has 2 atom stereocenters. The molecule has 2 N–H and O–H groups in total. The number of amides is 1. The maximum atomic E-state index is 12.3. The maximum absolute atomic E-state index is 12.3. The minimum atomic E-state index is -0.527. The lowest BCUT2D eigenvalue weighted by Gasteiger charge is -2.21. The number of nitrogens with one attached hydrogen (secondary N) is 2. The number of rotatable bonds is 2. The van der Waals surface area contributed by atoms with Crippen molar-refractivity contribution < 1.29 is 9.72 Å². The van der Waals surface area contributed by atoms with Crippen molar-refractivity contribution in [2.75, 3.05) is 19.6 Å². The number of likely N-dealkylation sites (tertiary alicyclic amines) is 1. The third kappa shape index (κ3) is 1.67. The Balaban J connectivity index is 1.79. The third-order valence-corrected chi connectivity index (χ3v) is 3.80. The first-order valence-corrected chi connectivity index (χ1v) is 6.02. The number of H-pyrrole nitrogens is 1. The summed E-state index contributed by atoms with van der Waals surface area (Å²) in [5, 5.41) is 13.9. The number of aromatic nitrogens is 1. The first-order valence-electron chi connectivity index (χ1n) is 6.02. The lowest BCUT2D eigenvalue weighted by Crippen LogP contribution is -2.39. The third-order valence-electron chi connectivity index (χ3n) is 3.80. The van der Waals surface area contributed by atoms with Crippen molar-refractivity contribution in [2.45, 2.75) is 12.5 Å². The van der Waals surface area contributed by atoms with Gasteiger partial charge in [0, 0.05) is 31.7 Å². The summed E-state index contributed by atoms with van der Waals surface area (Å²) < 4.78 is 0. The molecule has 2 aliphatic rings. The van der Waals surface area contributed by atoms with Crippen LogP contribution in [0.5, 0.6) is 0 Å². The molecule has 2 aliphatic heterocycles. The molecule has 7 heteroatoms. The standard InChI is InChI=1S/C11H14N4O3/c16-11(8-1-2-10(13-8)15(17)18)14-4-3-7-5-12-6-9(7)14/h1-2,7,9,12-13H,3-6H2/t7-,9+/m1/s1. The number of hydrogen-bond donors (Lipinski definition) is 2. The molecule has 7 nitrogen and oxygen atoms in total. The second-order valence-electron chi connectivity index (χ2n) is 4.79. The molecule has 3 heterocycles. The van der Waals surface area contributed by atoms with E-state index in [-0.39, 0.29) is 17.8 Å². The predicted octanol–water partition coefficient (Wildman–Crippen LogP) is 0.357. The largest absolute Gasteiger partial charge is 0.358 e. The van der Waals surface area contributed by atoms with E-state index in [1.54, 1.807) is 0 Å². The quantitative estimate of drug-likeness (QED) is 0.585. The Labute approximate surface area is 103 Å². The van der Waals surface area contributed by atoms with E-state index in [9.17, 15) is 14.9 Å². The molecule has 2 saturated heterocycles. The van der Waals surface area contributed by atoms with E-state index in [4.69, 9.17) is 0 Å². The maximum Gasteiger partial charge on any atom is 0.321 e. The fourth-order valence-corrected chi connectivity index (χ4v) is 2.87. The minimum Gasteiger partial charge on any atom is -0.358 e. The fourth-order valence-electron chi connectivity index (χ4n) is 2.87. The summed E-state index contributed by atoms with van der Waals surface area (Å²) in [6, 6.07) is 3.05. The van der Waals surface area contributed by atoms with Gasteiger partial charge in [0.1, 0.15) is 0 Å². The average Bonchev–Trinajstić information content (AvgIpc) is 3.04. The van der Waals surface area contributed by atoms with E-state index in [1.807, 2.05) is 4.90 Å². The van der Waals surface area contributed by atoms with Crippen molar-refractivity contribution in [2.24, 2.45) is 5.92 Å². The number of nitrogens with zero attached hydrogens (tertiary/aromatic N) is 2. The summed E-state index contributed by atoms with van der Waals surface area (Å²) in [6.45, 7) is 2.52. The molecule has 0 spiro atoms. The van der Waals surface area contributed by atoms with Gasteiger partial charge in [0.05, 0.1) is 0 Å². The molecule has 0 aliphatic carbocycles. The number of carbonyl (C=O) groups is 1. The van der Waals surface area contributed by atoms with Crippen molar-refractivity contribution >= 4 is 11.7 Å². The molecule has 0 bridgehead atoms. The minimum absolute atomic E-state index is 0.140. The summed E-state index contributed by atoms with van der Waals surface area (Å²) in [7, 11) is 0. The predicted molar refractivity (Wildman–Crippen MR) is 63.2 cm³/mol. The van der Waals surface area contributed by atoms with Gasteiger partial charge < -0.3 is 20.3 Å². The highest BCUT2D eigenvalue weighted by molar-refractivity contribution is 5.93. The van der Waals surface area contributed by atoms with Gasteiger partial charge in [-0.15, -0.1) is 0 Å². The van der Waals surface area contributed by atoms with E-state index < -0.39 is 4.92 Å². The Kier molecular flexibility index (Phi) is 2.55. The highest BCUT2D eigenvalue weighted by Crippen LogP contribution is 2.28. The molecular weight excluding hydrogens is 236 g/mol. The van der Waals surface area contributed by atoms with E-state index >= 15 is 0 Å². The van der Waals surface area contributed by atoms with E-state index in [0.29, 0.717) is 11.6 Å². The zero-order valence-electron chi connectivity index (χ0n) is 9.76. The summed E-state index contributed by atoms with van der Waals surface area (Å²) in [6.07, 6.45) is 1.01. The van der Waals surface area contributed by atoms with Crippen molar-refractivity contribution in [3.8, 4) is 0 Å². The summed E-state index contributed by atoms with van der Waals surface area (Å²) >= 11 is 0. The van der Waals surface area contributed by atoms with E-state index in [0.717, 1.165) is 26.1 Å². The summed E-state index contributed by atoms with van der Waals surface area (Å²) in [4.78, 5) is 26.7. The molecule has 0 unspecified atom stereocenters. The molecule has 96 valence electrons. The normalized spacial score (nSPS) is 26.3. The average molecular weight is 250 g/mol. The first kappa shape index (κ1) is 11.2. The molecule has 1 amide bonds. The van der Waals surface area contributed by atoms with Gasteiger partial charge in [0.2, 0.25) is 0 Å². The molecule has 0 saturated carbocycles. The lowest BCUT2D eigenvalue weighted by molar-refractivity contribution is -0.389. The highest BCUT2D eigenvalue weighted by Gasteiger charge is 2.41. The SMILES string of the molecule is O=C(c1ccc([N+](=O)[O-])[nH]1)N1CC[C@@H]2CNC[C@@H]21. The molecule has 3 rings (SSSR count). The Morgan fingerprint density at radius 2 is 2.28 bits per heavy atom. The van der Waals surface area contributed by atoms with Gasteiger partial charge in [-0.3, -0.25) is 4.79 Å². The number of hydrogen-bond acceptors (Lipinski definition) is 4. The van der Waals surface area contributed by atoms with Crippen LogP contribution in [0.3, 0.4) is 0 Å². The van der Waals surface area contributed by atoms with Crippen molar-refractivity contribution in [3.05, 3.63) is 27.9 Å². The van der Waals surface area contributed by atoms with Crippen LogP contribution < -0.4 is 5.32 Å². The Hall–Kier alpha value is -1.89. The van der Waals surface area contributed by atoms with Gasteiger partial charge in [-0.25, -0.2) is 4.98 Å². The highest BCUT2D eigenvalue weighted by atomic mass is 16.6. The lowest BCUT2D eigenvalue weighted by atomic mass is 10.1. The van der Waals surface area contributed by atoms with Gasteiger partial charge in [-0.05, 0) is 23.3 Å². The number of fused-ring (bicyclic) bond motifs is 1. The number of carbonyl (C=O) groups excluding carboxylic acids is 1. The van der Waals surface area contributed by atoms with Crippen molar-refractivity contribution in [1.82, 2.24) is 15.2 Å². The molecule has 2 fully saturated rings. The summed E-state index contributed by atoms with van der Waals surface area (Å²) in [5.41, 5.74) is 0.300. The van der Waals surface area contributed by atoms with Crippen molar-refractivity contribution in [1.29, 1.82) is 0 Å². The van der Waals surface area contributed by atoms with Crippen LogP contribution in [0.2, 0.25) is 0 Å². The van der Waals surface area contributed by atoms with Gasteiger partial charge in [-0.1, -0.05) is 0 Å². The second kappa shape index (κ2) is 4.09. The van der Waals surface area contributed by atoms with Crippen LogP contribution in [0.4, 0.5) is 5.82 Å². The Morgan fingerprint density at radius 3 is 3.00 bits per heavy atom. The first-order chi connectivity index (χ1) is 8.66. The van der Waals surface area contributed by atoms with Crippen LogP contribution >= 0.6 is 0 Å². The number of aromatic amines is 1. The summed E-state index contributed by atoms with van der Waals surface area (Å²) in [5.74, 6) is 0.247. The van der Waals surface area contributed by atoms with Crippen LogP contribution in [0.1, 0.15) is 16.9 Å². The number of nitro groups is 1. The van der Waals surface area contributed by atoms with E-state index in [1.165, 1.54) is 12.1 Å². The smallest absolute Gasteiger partial charge is 0.321 e. The topological polar surface area (TPSA) is 91.3 Å². The molecule has 18 heavy (non-hydrogen) atoms. The van der Waals surface area contributed by atoms with Crippen LogP contribution in [0, 0.1) is 16.0 Å². The second-order valence-corrected chi connectivity index (χ2v) is 4.79. The van der Waals surface area contributed by atoms with Crippen LogP contribution in [0.15, 0.2) is 12.1 Å². The van der Waals surface area contributed by atoms with Gasteiger partial charge in [-0.2, -0.15) is 0 Å². The van der Waals surface area contributed by atoms with Crippen LogP contribution in [-0.2, 0) is 0 Å². The molecule has 0 aromatic carbocycles. The van der Waals surface area contributed by atoms with Crippen LogP contribution in [0.25, 0.3) is 0 Å². The molecular formula is C11H14N4O3. The molecule has 0 radical (unpaired) electrons. The molecule has 1 aromatic rings. The fraction of sp³-hybridized carbons (Fsp3) is 0.545. The Morgan fingerprint density at radius 1 is 1.44 bits per heavy atom.